The number of hydrogen-bond donors (Lipinski definition) is 1. The Morgan fingerprint density at radius 3 is 2.60 bits per heavy atom. The minimum Gasteiger partial charge on any atom is -0.486 e. The summed E-state index contributed by atoms with van der Waals surface area (Å²) in [5, 5.41) is 3.20. The van der Waals surface area contributed by atoms with E-state index in [1.807, 2.05) is 44.2 Å². The average Bonchev–Trinajstić information content (AvgIpc) is 2.48. The average molecular weight is 273 g/mol. The zero-order valence-corrected chi connectivity index (χ0v) is 11.9. The van der Waals surface area contributed by atoms with E-state index in [0.717, 1.165) is 23.4 Å². The van der Waals surface area contributed by atoms with Crippen molar-refractivity contribution < 1.29 is 9.13 Å². The summed E-state index contributed by atoms with van der Waals surface area (Å²) in [6, 6.07) is 14.7. The quantitative estimate of drug-likeness (QED) is 0.856. The predicted molar refractivity (Wildman–Crippen MR) is 79.3 cm³/mol. The summed E-state index contributed by atoms with van der Waals surface area (Å²) < 4.78 is 19.3. The van der Waals surface area contributed by atoms with Gasteiger partial charge >= 0.3 is 0 Å². The molecule has 106 valence electrons. The molecule has 1 atom stereocenters. The molecule has 0 saturated carbocycles. The number of ether oxygens (including phenoxy) is 1. The molecular weight excluding hydrogens is 253 g/mol. The monoisotopic (exact) mass is 273 g/mol. The molecule has 2 aromatic carbocycles. The molecule has 1 unspecified atom stereocenters. The molecule has 0 heterocycles. The van der Waals surface area contributed by atoms with Crippen LogP contribution < -0.4 is 10.1 Å². The van der Waals surface area contributed by atoms with Crippen molar-refractivity contribution in [1.29, 1.82) is 0 Å². The van der Waals surface area contributed by atoms with E-state index in [1.165, 1.54) is 12.1 Å². The number of nitrogens with one attached hydrogen (secondary N) is 1. The molecule has 0 amide bonds. The van der Waals surface area contributed by atoms with Gasteiger partial charge in [0.05, 0.1) is 0 Å². The van der Waals surface area contributed by atoms with Crippen molar-refractivity contribution >= 4 is 0 Å². The molecule has 3 heteroatoms. The molecule has 0 radical (unpaired) electrons. The van der Waals surface area contributed by atoms with E-state index in [-0.39, 0.29) is 11.9 Å². The number of rotatable bonds is 6. The largest absolute Gasteiger partial charge is 0.486 e. The third kappa shape index (κ3) is 3.81. The maximum Gasteiger partial charge on any atom is 0.124 e. The van der Waals surface area contributed by atoms with Gasteiger partial charge in [-0.05, 0) is 37.2 Å². The Hall–Kier alpha value is -1.87. The lowest BCUT2D eigenvalue weighted by Crippen LogP contribution is -2.14. The molecule has 0 fully saturated rings. The van der Waals surface area contributed by atoms with Crippen LogP contribution in [-0.4, -0.2) is 6.54 Å². The van der Waals surface area contributed by atoms with Crippen LogP contribution in [0.25, 0.3) is 0 Å². The van der Waals surface area contributed by atoms with Gasteiger partial charge in [0.15, 0.2) is 0 Å². The molecule has 2 nitrogen and oxygen atoms in total. The van der Waals surface area contributed by atoms with Crippen LogP contribution in [-0.2, 0) is 6.54 Å². The Morgan fingerprint density at radius 1 is 1.15 bits per heavy atom. The number of hydrogen-bond acceptors (Lipinski definition) is 2. The van der Waals surface area contributed by atoms with E-state index < -0.39 is 0 Å². The molecule has 0 aromatic heterocycles. The van der Waals surface area contributed by atoms with Crippen LogP contribution in [0.15, 0.2) is 48.5 Å². The van der Waals surface area contributed by atoms with Crippen molar-refractivity contribution in [2.24, 2.45) is 0 Å². The minimum atomic E-state index is -0.238. The van der Waals surface area contributed by atoms with Crippen molar-refractivity contribution in [2.75, 3.05) is 6.54 Å². The van der Waals surface area contributed by atoms with Crippen molar-refractivity contribution in [3.8, 4) is 5.75 Å². The predicted octanol–water partition coefficient (Wildman–Crippen LogP) is 4.08. The van der Waals surface area contributed by atoms with Gasteiger partial charge in [-0.3, -0.25) is 0 Å². The Labute approximate surface area is 119 Å². The van der Waals surface area contributed by atoms with Crippen molar-refractivity contribution in [3.63, 3.8) is 0 Å². The molecule has 0 saturated heterocycles. The molecule has 2 aromatic rings. The maximum atomic E-state index is 13.4. The smallest absolute Gasteiger partial charge is 0.124 e. The molecule has 1 N–H and O–H groups in total. The van der Waals surface area contributed by atoms with Gasteiger partial charge in [0.1, 0.15) is 17.7 Å². The first kappa shape index (κ1) is 14.5. The molecular formula is C17H20FNO. The van der Waals surface area contributed by atoms with Gasteiger partial charge in [-0.25, -0.2) is 4.39 Å². The Morgan fingerprint density at radius 2 is 1.90 bits per heavy atom. The third-order valence-corrected chi connectivity index (χ3v) is 3.16. The fraction of sp³-hybridized carbons (Fsp3) is 0.294. The normalized spacial score (nSPS) is 12.2. The van der Waals surface area contributed by atoms with Crippen LogP contribution in [0.3, 0.4) is 0 Å². The highest BCUT2D eigenvalue weighted by Crippen LogP contribution is 2.26. The van der Waals surface area contributed by atoms with Gasteiger partial charge in [0.2, 0.25) is 0 Å². The second kappa shape index (κ2) is 7.06. The van der Waals surface area contributed by atoms with Crippen molar-refractivity contribution in [2.45, 2.75) is 26.5 Å². The standard InChI is InChI=1S/C17H20FNO/c1-3-19-12-15-11-16(18)9-10-17(15)20-13(2)14-7-5-4-6-8-14/h4-11,13,19H,3,12H2,1-2H3. The SMILES string of the molecule is CCNCc1cc(F)ccc1OC(C)c1ccccc1. The van der Waals surface area contributed by atoms with Crippen LogP contribution in [0.1, 0.15) is 31.1 Å². The van der Waals surface area contributed by atoms with Gasteiger partial charge in [0.25, 0.3) is 0 Å². The molecule has 2 rings (SSSR count). The Bertz CT molecular complexity index is 542. The van der Waals surface area contributed by atoms with E-state index in [1.54, 1.807) is 6.07 Å². The van der Waals surface area contributed by atoms with Gasteiger partial charge in [-0.15, -0.1) is 0 Å². The van der Waals surface area contributed by atoms with E-state index in [2.05, 4.69) is 5.32 Å². The molecule has 0 aliphatic heterocycles. The number of halogens is 1. The van der Waals surface area contributed by atoms with Crippen LogP contribution in [0.4, 0.5) is 4.39 Å². The minimum absolute atomic E-state index is 0.0676. The van der Waals surface area contributed by atoms with Crippen LogP contribution in [0.5, 0.6) is 5.75 Å². The number of benzene rings is 2. The molecule has 0 aliphatic rings. The van der Waals surface area contributed by atoms with Crippen molar-refractivity contribution in [3.05, 3.63) is 65.5 Å². The van der Waals surface area contributed by atoms with E-state index >= 15 is 0 Å². The molecule has 20 heavy (non-hydrogen) atoms. The summed E-state index contributed by atoms with van der Waals surface area (Å²) in [4.78, 5) is 0. The molecule has 0 aliphatic carbocycles. The summed E-state index contributed by atoms with van der Waals surface area (Å²) in [7, 11) is 0. The lowest BCUT2D eigenvalue weighted by Gasteiger charge is -2.18. The highest BCUT2D eigenvalue weighted by atomic mass is 19.1. The zero-order chi connectivity index (χ0) is 14.4. The van der Waals surface area contributed by atoms with E-state index in [0.29, 0.717) is 6.54 Å². The third-order valence-electron chi connectivity index (χ3n) is 3.16. The second-order valence-corrected chi connectivity index (χ2v) is 4.70. The fourth-order valence-electron chi connectivity index (χ4n) is 2.04. The summed E-state index contributed by atoms with van der Waals surface area (Å²) in [5.74, 6) is 0.487. The van der Waals surface area contributed by atoms with Gasteiger partial charge in [-0.1, -0.05) is 37.3 Å². The maximum absolute atomic E-state index is 13.4. The summed E-state index contributed by atoms with van der Waals surface area (Å²) >= 11 is 0. The lowest BCUT2D eigenvalue weighted by atomic mass is 10.1. The Kier molecular flexibility index (Phi) is 5.13. The zero-order valence-electron chi connectivity index (χ0n) is 11.9. The second-order valence-electron chi connectivity index (χ2n) is 4.70. The highest BCUT2D eigenvalue weighted by molar-refractivity contribution is 5.34. The van der Waals surface area contributed by atoms with Crippen molar-refractivity contribution in [1.82, 2.24) is 5.32 Å². The first-order valence-corrected chi connectivity index (χ1v) is 6.91. The molecule has 0 spiro atoms. The van der Waals surface area contributed by atoms with Gasteiger partial charge in [0, 0.05) is 12.1 Å². The first-order valence-electron chi connectivity index (χ1n) is 6.91. The van der Waals surface area contributed by atoms with E-state index in [4.69, 9.17) is 4.74 Å². The van der Waals surface area contributed by atoms with Crippen LogP contribution in [0.2, 0.25) is 0 Å². The topological polar surface area (TPSA) is 21.3 Å². The van der Waals surface area contributed by atoms with Crippen LogP contribution >= 0.6 is 0 Å². The van der Waals surface area contributed by atoms with Crippen LogP contribution in [0, 0.1) is 5.82 Å². The Balaban J connectivity index is 2.15. The summed E-state index contributed by atoms with van der Waals surface area (Å²) in [6.45, 7) is 5.46. The van der Waals surface area contributed by atoms with Gasteiger partial charge < -0.3 is 10.1 Å². The highest BCUT2D eigenvalue weighted by Gasteiger charge is 2.11. The fourth-order valence-corrected chi connectivity index (χ4v) is 2.04. The van der Waals surface area contributed by atoms with E-state index in [9.17, 15) is 4.39 Å². The summed E-state index contributed by atoms with van der Waals surface area (Å²) in [6.07, 6.45) is -0.0676. The van der Waals surface area contributed by atoms with Gasteiger partial charge in [-0.2, -0.15) is 0 Å². The molecule has 0 bridgehead atoms. The first-order chi connectivity index (χ1) is 9.70. The lowest BCUT2D eigenvalue weighted by molar-refractivity contribution is 0.224. The summed E-state index contributed by atoms with van der Waals surface area (Å²) in [5.41, 5.74) is 1.95.